The molecule has 170 valence electrons. The summed E-state index contributed by atoms with van der Waals surface area (Å²) in [5, 5.41) is 33.1. The maximum absolute atomic E-state index is 11.4. The van der Waals surface area contributed by atoms with Crippen molar-refractivity contribution in [3.63, 3.8) is 0 Å². The molecule has 2 rings (SSSR count). The Balaban J connectivity index is 0.000000294. The van der Waals surface area contributed by atoms with Crippen LogP contribution in [0.5, 0.6) is 0 Å². The number of hydrogen-bond donors (Lipinski definition) is 5. The van der Waals surface area contributed by atoms with Crippen LogP contribution in [0.1, 0.15) is 90.9 Å². The van der Waals surface area contributed by atoms with Crippen LogP contribution in [0.15, 0.2) is 0 Å². The van der Waals surface area contributed by atoms with Crippen molar-refractivity contribution in [1.29, 1.82) is 0 Å². The molecule has 0 radical (unpaired) electrons. The van der Waals surface area contributed by atoms with E-state index in [0.29, 0.717) is 6.42 Å². The van der Waals surface area contributed by atoms with Crippen molar-refractivity contribution in [1.82, 2.24) is 10.6 Å². The molecule has 5 N–H and O–H groups in total. The summed E-state index contributed by atoms with van der Waals surface area (Å²) < 4.78 is 0. The van der Waals surface area contributed by atoms with E-state index in [4.69, 9.17) is 10.2 Å². The van der Waals surface area contributed by atoms with E-state index in [9.17, 15) is 14.7 Å². The molecule has 29 heavy (non-hydrogen) atoms. The van der Waals surface area contributed by atoms with E-state index in [1.165, 1.54) is 64.2 Å². The van der Waals surface area contributed by atoms with Crippen LogP contribution in [0, 0.1) is 5.41 Å². The molecule has 0 aliphatic heterocycles. The molecule has 7 heteroatoms. The quantitative estimate of drug-likeness (QED) is 0.370. The van der Waals surface area contributed by atoms with Crippen LogP contribution in [0.25, 0.3) is 0 Å². The lowest BCUT2D eigenvalue weighted by atomic mass is 9.87. The maximum Gasteiger partial charge on any atom is 0.303 e. The third-order valence-electron chi connectivity index (χ3n) is 5.94. The molecule has 2 aliphatic carbocycles. The molecule has 7 nitrogen and oxygen atoms in total. The van der Waals surface area contributed by atoms with Crippen molar-refractivity contribution in [3.05, 3.63) is 0 Å². The Labute approximate surface area is 175 Å². The second-order valence-corrected chi connectivity index (χ2v) is 9.17. The molecule has 0 aromatic rings. The van der Waals surface area contributed by atoms with E-state index in [1.807, 2.05) is 0 Å². The van der Waals surface area contributed by atoms with Crippen molar-refractivity contribution < 1.29 is 24.9 Å². The van der Waals surface area contributed by atoms with Gasteiger partial charge in [-0.25, -0.2) is 0 Å². The summed E-state index contributed by atoms with van der Waals surface area (Å²) in [6.07, 6.45) is 13.5. The third-order valence-corrected chi connectivity index (χ3v) is 5.94. The van der Waals surface area contributed by atoms with Gasteiger partial charge in [-0.05, 0) is 32.1 Å². The van der Waals surface area contributed by atoms with Crippen molar-refractivity contribution in [2.24, 2.45) is 5.41 Å². The van der Waals surface area contributed by atoms with Crippen LogP contribution in [-0.2, 0) is 9.59 Å². The van der Waals surface area contributed by atoms with Gasteiger partial charge in [-0.1, -0.05) is 52.4 Å². The van der Waals surface area contributed by atoms with Gasteiger partial charge in [-0.3, -0.25) is 9.59 Å². The van der Waals surface area contributed by atoms with E-state index >= 15 is 0 Å². The first-order chi connectivity index (χ1) is 13.8. The smallest absolute Gasteiger partial charge is 0.303 e. The van der Waals surface area contributed by atoms with Crippen LogP contribution in [-0.4, -0.2) is 58.5 Å². The maximum atomic E-state index is 11.4. The second kappa shape index (κ2) is 13.9. The summed E-state index contributed by atoms with van der Waals surface area (Å²) >= 11 is 0. The minimum Gasteiger partial charge on any atom is -0.481 e. The number of nitrogens with one attached hydrogen (secondary N) is 2. The first-order valence-corrected chi connectivity index (χ1v) is 11.3. The zero-order valence-electron chi connectivity index (χ0n) is 18.3. The number of rotatable bonds is 9. The largest absolute Gasteiger partial charge is 0.481 e. The van der Waals surface area contributed by atoms with Gasteiger partial charge in [-0.2, -0.15) is 0 Å². The Morgan fingerprint density at radius 3 is 1.86 bits per heavy atom. The number of carboxylic acid groups (broad SMARTS) is 1. The zero-order valence-corrected chi connectivity index (χ0v) is 18.3. The summed E-state index contributed by atoms with van der Waals surface area (Å²) in [5.74, 6) is -1.52. The van der Waals surface area contributed by atoms with Gasteiger partial charge < -0.3 is 26.0 Å². The lowest BCUT2D eigenvalue weighted by Crippen LogP contribution is -2.45. The lowest BCUT2D eigenvalue weighted by Gasteiger charge is -2.30. The third kappa shape index (κ3) is 11.0. The minimum atomic E-state index is -1.30. The van der Waals surface area contributed by atoms with E-state index in [-0.39, 0.29) is 19.6 Å². The minimum absolute atomic E-state index is 0.0280. The van der Waals surface area contributed by atoms with Gasteiger partial charge in [0.05, 0.1) is 6.61 Å². The van der Waals surface area contributed by atoms with Gasteiger partial charge in [0.25, 0.3) is 0 Å². The normalized spacial score (nSPS) is 19.7. The molecular weight excluding hydrogens is 372 g/mol. The van der Waals surface area contributed by atoms with Crippen molar-refractivity contribution in [2.75, 3.05) is 13.2 Å². The predicted molar refractivity (Wildman–Crippen MR) is 114 cm³/mol. The molecular formula is C22H42N2O5. The number of aliphatic hydroxyl groups is 2. The van der Waals surface area contributed by atoms with E-state index < -0.39 is 23.4 Å². The van der Waals surface area contributed by atoms with Gasteiger partial charge in [0.1, 0.15) is 6.10 Å². The van der Waals surface area contributed by atoms with Crippen LogP contribution in [0.2, 0.25) is 0 Å². The molecule has 0 aromatic carbocycles. The first-order valence-electron chi connectivity index (χ1n) is 11.3. The number of aliphatic carboxylic acids is 1. The number of hydrogen-bond acceptors (Lipinski definition) is 5. The fourth-order valence-electron chi connectivity index (χ4n) is 3.86. The topological polar surface area (TPSA) is 119 Å². The molecule has 2 saturated carbocycles. The zero-order chi connectivity index (χ0) is 21.7. The summed E-state index contributed by atoms with van der Waals surface area (Å²) in [6.45, 7) is 3.02. The van der Waals surface area contributed by atoms with Crippen molar-refractivity contribution in [2.45, 2.75) is 109 Å². The van der Waals surface area contributed by atoms with E-state index in [2.05, 4.69) is 10.6 Å². The molecule has 1 atom stereocenters. The molecule has 2 fully saturated rings. The average Bonchev–Trinajstić information content (AvgIpc) is 2.72. The standard InChI is InChI=1S/C12H23N.C10H19NO5/c1-3-7-11(8-4-1)13-12-9-5-2-6-10-12;1-10(2,6-12)8(15)9(16)11-5-3-4-7(13)14/h11-13H,1-10H2;8,12,15H,3-6H2,1-2H3,(H,11,16)(H,13,14). The summed E-state index contributed by atoms with van der Waals surface area (Å²) in [7, 11) is 0. The van der Waals surface area contributed by atoms with Crippen molar-refractivity contribution in [3.8, 4) is 0 Å². The van der Waals surface area contributed by atoms with Crippen LogP contribution in [0.3, 0.4) is 0 Å². The lowest BCUT2D eigenvalue weighted by molar-refractivity contribution is -0.139. The Morgan fingerprint density at radius 1 is 0.966 bits per heavy atom. The molecule has 0 spiro atoms. The average molecular weight is 415 g/mol. The molecule has 0 saturated heterocycles. The Hall–Kier alpha value is -1.18. The summed E-state index contributed by atoms with van der Waals surface area (Å²) in [6, 6.07) is 1.74. The Bertz CT molecular complexity index is 456. The van der Waals surface area contributed by atoms with Crippen LogP contribution in [0.4, 0.5) is 0 Å². The number of carbonyl (C=O) groups excluding carboxylic acids is 1. The number of amides is 1. The fourth-order valence-corrected chi connectivity index (χ4v) is 3.86. The molecule has 0 heterocycles. The number of carboxylic acids is 1. The summed E-state index contributed by atoms with van der Waals surface area (Å²) in [4.78, 5) is 21.6. The number of aliphatic hydroxyl groups excluding tert-OH is 2. The predicted octanol–water partition coefficient (Wildman–Crippen LogP) is 2.59. The molecule has 0 aromatic heterocycles. The van der Waals surface area contributed by atoms with Gasteiger partial charge >= 0.3 is 5.97 Å². The Morgan fingerprint density at radius 2 is 1.45 bits per heavy atom. The van der Waals surface area contributed by atoms with Crippen LogP contribution < -0.4 is 10.6 Å². The summed E-state index contributed by atoms with van der Waals surface area (Å²) in [5.41, 5.74) is -0.906. The van der Waals surface area contributed by atoms with Crippen LogP contribution >= 0.6 is 0 Å². The molecule has 1 amide bonds. The SMILES string of the molecule is C1CCC(NC2CCCCC2)CC1.CC(C)(CO)C(O)C(=O)NCCCC(=O)O. The molecule has 0 bridgehead atoms. The van der Waals surface area contributed by atoms with E-state index in [1.54, 1.807) is 13.8 Å². The number of carbonyl (C=O) groups is 2. The first kappa shape index (κ1) is 25.9. The van der Waals surface area contributed by atoms with Crippen molar-refractivity contribution >= 4 is 11.9 Å². The molecule has 2 aliphatic rings. The highest BCUT2D eigenvalue weighted by molar-refractivity contribution is 5.81. The highest BCUT2D eigenvalue weighted by Gasteiger charge is 2.32. The van der Waals surface area contributed by atoms with Gasteiger partial charge in [0.15, 0.2) is 0 Å². The fraction of sp³-hybridized carbons (Fsp3) is 0.909. The highest BCUT2D eigenvalue weighted by atomic mass is 16.4. The Kier molecular flexibility index (Phi) is 12.4. The second-order valence-electron chi connectivity index (χ2n) is 9.17. The van der Waals surface area contributed by atoms with E-state index in [0.717, 1.165) is 12.1 Å². The highest BCUT2D eigenvalue weighted by Crippen LogP contribution is 2.22. The van der Waals surface area contributed by atoms with Gasteiger partial charge in [0.2, 0.25) is 5.91 Å². The van der Waals surface area contributed by atoms with Gasteiger partial charge in [0, 0.05) is 30.5 Å². The van der Waals surface area contributed by atoms with Gasteiger partial charge in [-0.15, -0.1) is 0 Å². The monoisotopic (exact) mass is 414 g/mol. The molecule has 1 unspecified atom stereocenters.